The summed E-state index contributed by atoms with van der Waals surface area (Å²) < 4.78 is 10.8. The Morgan fingerprint density at radius 2 is 1.73 bits per heavy atom. The van der Waals surface area contributed by atoms with Gasteiger partial charge in [-0.15, -0.1) is 0 Å². The van der Waals surface area contributed by atoms with Crippen molar-refractivity contribution in [1.29, 1.82) is 0 Å². The summed E-state index contributed by atoms with van der Waals surface area (Å²) in [6.07, 6.45) is 1.08. The van der Waals surface area contributed by atoms with Gasteiger partial charge in [0, 0.05) is 14.2 Å². The van der Waals surface area contributed by atoms with E-state index in [1.54, 1.807) is 14.2 Å². The molecule has 15 heavy (non-hydrogen) atoms. The molecule has 0 saturated heterocycles. The molecule has 0 N–H and O–H groups in total. The molecule has 3 heteroatoms. The lowest BCUT2D eigenvalue weighted by atomic mass is 10.0. The van der Waals surface area contributed by atoms with E-state index in [1.807, 2.05) is 6.07 Å². The average molecular weight is 223 g/mol. The Morgan fingerprint density at radius 1 is 1.13 bits per heavy atom. The second kappa shape index (κ2) is 6.05. The maximum atomic E-state index is 5.39. The van der Waals surface area contributed by atoms with Crippen molar-refractivity contribution in [3.05, 3.63) is 29.8 Å². The molecular weight excluding hydrogens is 204 g/mol. The third-order valence-corrected chi connectivity index (χ3v) is 3.91. The molecule has 0 atom stereocenters. The smallest absolute Gasteiger partial charge is 0.393 e. The van der Waals surface area contributed by atoms with Crippen LogP contribution in [0.1, 0.15) is 19.4 Å². The maximum Gasteiger partial charge on any atom is 0.423 e. The third-order valence-electron chi connectivity index (χ3n) is 2.24. The number of rotatable bonds is 5. The van der Waals surface area contributed by atoms with Gasteiger partial charge < -0.3 is 8.85 Å². The van der Waals surface area contributed by atoms with Crippen LogP contribution in [-0.4, -0.2) is 23.5 Å². The topological polar surface area (TPSA) is 18.5 Å². The van der Waals surface area contributed by atoms with Crippen LogP contribution in [0.4, 0.5) is 0 Å². The fourth-order valence-corrected chi connectivity index (χ4v) is 2.93. The van der Waals surface area contributed by atoms with E-state index in [4.69, 9.17) is 8.85 Å². The van der Waals surface area contributed by atoms with E-state index in [0.717, 1.165) is 6.42 Å². The molecule has 1 aromatic rings. The summed E-state index contributed by atoms with van der Waals surface area (Å²) in [6, 6.07) is 8.39. The molecule has 2 nitrogen and oxygen atoms in total. The number of benzene rings is 1. The molecule has 0 amide bonds. The van der Waals surface area contributed by atoms with E-state index in [0.29, 0.717) is 5.92 Å². The van der Waals surface area contributed by atoms with Gasteiger partial charge in [0.15, 0.2) is 0 Å². The molecule has 0 fully saturated rings. The van der Waals surface area contributed by atoms with E-state index in [1.165, 1.54) is 10.8 Å². The first kappa shape index (κ1) is 12.4. The Labute approximate surface area is 94.1 Å². The molecule has 0 spiro atoms. The molecule has 0 saturated carbocycles. The van der Waals surface area contributed by atoms with Gasteiger partial charge in [-0.25, -0.2) is 0 Å². The van der Waals surface area contributed by atoms with E-state index in [9.17, 15) is 0 Å². The van der Waals surface area contributed by atoms with Crippen LogP contribution in [0.2, 0.25) is 0 Å². The molecule has 1 rings (SSSR count). The first-order valence-electron chi connectivity index (χ1n) is 5.22. The predicted octanol–water partition coefficient (Wildman–Crippen LogP) is 1.87. The van der Waals surface area contributed by atoms with Crippen molar-refractivity contribution < 1.29 is 8.85 Å². The van der Waals surface area contributed by atoms with Crippen LogP contribution in [0.15, 0.2) is 24.3 Å². The molecule has 0 aliphatic rings. The minimum atomic E-state index is -1.28. The van der Waals surface area contributed by atoms with Crippen molar-refractivity contribution in [3.63, 3.8) is 0 Å². The normalized spacial score (nSPS) is 11.3. The monoisotopic (exact) mass is 223 g/mol. The summed E-state index contributed by atoms with van der Waals surface area (Å²) in [5, 5.41) is 1.24. The van der Waals surface area contributed by atoms with Gasteiger partial charge in [0.05, 0.1) is 0 Å². The summed E-state index contributed by atoms with van der Waals surface area (Å²) >= 11 is 0. The van der Waals surface area contributed by atoms with Crippen LogP contribution in [-0.2, 0) is 15.3 Å². The highest BCUT2D eigenvalue weighted by molar-refractivity contribution is 6.61. The highest BCUT2D eigenvalue weighted by Gasteiger charge is 2.19. The summed E-state index contributed by atoms with van der Waals surface area (Å²) in [4.78, 5) is 0. The van der Waals surface area contributed by atoms with Crippen molar-refractivity contribution in [2.24, 2.45) is 5.92 Å². The lowest BCUT2D eigenvalue weighted by molar-refractivity contribution is 0.291. The van der Waals surface area contributed by atoms with Gasteiger partial charge in [-0.1, -0.05) is 38.1 Å². The quantitative estimate of drug-likeness (QED) is 0.710. The second-order valence-electron chi connectivity index (χ2n) is 3.95. The van der Waals surface area contributed by atoms with Gasteiger partial charge in [-0.05, 0) is 23.1 Å². The van der Waals surface area contributed by atoms with Crippen LogP contribution < -0.4 is 5.19 Å². The van der Waals surface area contributed by atoms with Gasteiger partial charge in [-0.3, -0.25) is 0 Å². The Kier molecular flexibility index (Phi) is 5.01. The zero-order valence-corrected chi connectivity index (χ0v) is 10.9. The molecule has 83 valence electrons. The SMILES string of the molecule is CO[Si](OC)c1ccccc1CC(C)C. The molecule has 0 aliphatic heterocycles. The molecule has 0 unspecified atom stereocenters. The van der Waals surface area contributed by atoms with Gasteiger partial charge in [0.2, 0.25) is 0 Å². The highest BCUT2D eigenvalue weighted by atomic mass is 28.3. The van der Waals surface area contributed by atoms with E-state index >= 15 is 0 Å². The van der Waals surface area contributed by atoms with E-state index in [-0.39, 0.29) is 0 Å². The molecule has 0 aliphatic carbocycles. The van der Waals surface area contributed by atoms with Crippen LogP contribution in [0.3, 0.4) is 0 Å². The van der Waals surface area contributed by atoms with Crippen LogP contribution >= 0.6 is 0 Å². The van der Waals surface area contributed by atoms with Gasteiger partial charge in [-0.2, -0.15) is 0 Å². The predicted molar refractivity (Wildman–Crippen MR) is 64.4 cm³/mol. The molecule has 1 aromatic carbocycles. The average Bonchev–Trinajstić information content (AvgIpc) is 2.21. The molecule has 0 aromatic heterocycles. The van der Waals surface area contributed by atoms with E-state index in [2.05, 4.69) is 32.0 Å². The standard InChI is InChI=1S/C12H19O2Si/c1-10(2)9-11-7-5-6-8-12(11)15(13-3)14-4/h5-8,10H,9H2,1-4H3. The van der Waals surface area contributed by atoms with Gasteiger partial charge in [0.1, 0.15) is 0 Å². The number of hydrogen-bond donors (Lipinski definition) is 0. The second-order valence-corrected chi connectivity index (χ2v) is 5.88. The van der Waals surface area contributed by atoms with Gasteiger partial charge in [0.25, 0.3) is 0 Å². The van der Waals surface area contributed by atoms with Crippen LogP contribution in [0.5, 0.6) is 0 Å². The molecule has 1 radical (unpaired) electrons. The first-order valence-corrected chi connectivity index (χ1v) is 6.54. The summed E-state index contributed by atoms with van der Waals surface area (Å²) in [7, 11) is 2.15. The minimum absolute atomic E-state index is 0.656. The highest BCUT2D eigenvalue weighted by Crippen LogP contribution is 2.07. The Morgan fingerprint density at radius 3 is 2.27 bits per heavy atom. The van der Waals surface area contributed by atoms with Crippen LogP contribution in [0, 0.1) is 5.92 Å². The van der Waals surface area contributed by atoms with E-state index < -0.39 is 9.28 Å². The molecule has 0 bridgehead atoms. The Balaban J connectivity index is 2.94. The first-order chi connectivity index (χ1) is 7.19. The molecule has 0 heterocycles. The molecular formula is C12H19O2Si. The van der Waals surface area contributed by atoms with Crippen molar-refractivity contribution in [1.82, 2.24) is 0 Å². The van der Waals surface area contributed by atoms with Crippen molar-refractivity contribution >= 4 is 14.5 Å². The summed E-state index contributed by atoms with van der Waals surface area (Å²) in [6.45, 7) is 4.45. The fraction of sp³-hybridized carbons (Fsp3) is 0.500. The van der Waals surface area contributed by atoms with Crippen molar-refractivity contribution in [3.8, 4) is 0 Å². The minimum Gasteiger partial charge on any atom is -0.393 e. The fourth-order valence-electron chi connectivity index (χ4n) is 1.64. The maximum absolute atomic E-state index is 5.39. The lowest BCUT2D eigenvalue weighted by Crippen LogP contribution is -2.37. The van der Waals surface area contributed by atoms with Crippen molar-refractivity contribution in [2.45, 2.75) is 20.3 Å². The zero-order valence-electron chi connectivity index (χ0n) is 9.91. The summed E-state index contributed by atoms with van der Waals surface area (Å²) in [5.41, 5.74) is 1.35. The number of hydrogen-bond acceptors (Lipinski definition) is 2. The largest absolute Gasteiger partial charge is 0.423 e. The Hall–Kier alpha value is -0.643. The zero-order chi connectivity index (χ0) is 11.3. The lowest BCUT2D eigenvalue weighted by Gasteiger charge is -2.15. The summed E-state index contributed by atoms with van der Waals surface area (Å²) in [5.74, 6) is 0.656. The van der Waals surface area contributed by atoms with Crippen LogP contribution in [0.25, 0.3) is 0 Å². The third kappa shape index (κ3) is 3.45. The van der Waals surface area contributed by atoms with Crippen molar-refractivity contribution in [2.75, 3.05) is 14.2 Å². The Bertz CT molecular complexity index is 295. The van der Waals surface area contributed by atoms with Gasteiger partial charge >= 0.3 is 9.28 Å².